The molecule has 0 radical (unpaired) electrons. The smallest absolute Gasteiger partial charge is 0.419 e. The SMILES string of the molecule is COC(=O)[C@@H](N)c1ccc(C(F)(F)F)c(F)c1. The number of carbonyl (C=O) groups excluding carboxylic acids is 1. The zero-order chi connectivity index (χ0) is 13.2. The van der Waals surface area contributed by atoms with Crippen LogP contribution in [-0.4, -0.2) is 13.1 Å². The molecule has 0 aliphatic carbocycles. The molecule has 2 N–H and O–H groups in total. The van der Waals surface area contributed by atoms with Gasteiger partial charge in [0.25, 0.3) is 0 Å². The fourth-order valence-electron chi connectivity index (χ4n) is 1.22. The Hall–Kier alpha value is -1.63. The molecule has 0 heterocycles. The van der Waals surface area contributed by atoms with Crippen LogP contribution in [0.15, 0.2) is 18.2 Å². The number of carbonyl (C=O) groups is 1. The summed E-state index contributed by atoms with van der Waals surface area (Å²) in [5, 5.41) is 0. The number of nitrogens with two attached hydrogens (primary N) is 1. The van der Waals surface area contributed by atoms with Gasteiger partial charge < -0.3 is 10.5 Å². The zero-order valence-corrected chi connectivity index (χ0v) is 8.72. The summed E-state index contributed by atoms with van der Waals surface area (Å²) < 4.78 is 54.2. The van der Waals surface area contributed by atoms with Crippen LogP contribution >= 0.6 is 0 Å². The van der Waals surface area contributed by atoms with Gasteiger partial charge in [0.2, 0.25) is 0 Å². The molecule has 1 aromatic rings. The van der Waals surface area contributed by atoms with Crippen LogP contribution in [0, 0.1) is 5.82 Å². The largest absolute Gasteiger partial charge is 0.468 e. The van der Waals surface area contributed by atoms with Crippen molar-refractivity contribution in [3.05, 3.63) is 35.1 Å². The van der Waals surface area contributed by atoms with Crippen LogP contribution in [0.3, 0.4) is 0 Å². The van der Waals surface area contributed by atoms with Crippen LogP contribution in [0.5, 0.6) is 0 Å². The molecular weight excluding hydrogens is 242 g/mol. The normalized spacial score (nSPS) is 13.3. The Morgan fingerprint density at radius 3 is 2.41 bits per heavy atom. The maximum atomic E-state index is 13.1. The lowest BCUT2D eigenvalue weighted by Gasteiger charge is -2.12. The first-order chi connectivity index (χ1) is 7.77. The van der Waals surface area contributed by atoms with Crippen molar-refractivity contribution < 1.29 is 27.1 Å². The molecule has 0 amide bonds. The predicted octanol–water partition coefficient (Wildman–Crippen LogP) is 2.02. The lowest BCUT2D eigenvalue weighted by molar-refractivity contribution is -0.142. The van der Waals surface area contributed by atoms with E-state index in [0.29, 0.717) is 12.1 Å². The molecule has 0 aliphatic rings. The van der Waals surface area contributed by atoms with Gasteiger partial charge in [0.1, 0.15) is 11.9 Å². The molecule has 0 saturated carbocycles. The highest BCUT2D eigenvalue weighted by Gasteiger charge is 2.34. The molecule has 94 valence electrons. The van der Waals surface area contributed by atoms with E-state index in [1.807, 2.05) is 0 Å². The van der Waals surface area contributed by atoms with Crippen molar-refractivity contribution in [3.63, 3.8) is 0 Å². The van der Waals surface area contributed by atoms with Crippen LogP contribution in [0.25, 0.3) is 0 Å². The summed E-state index contributed by atoms with van der Waals surface area (Å²) in [7, 11) is 1.07. The van der Waals surface area contributed by atoms with E-state index in [0.717, 1.165) is 13.2 Å². The van der Waals surface area contributed by atoms with Crippen LogP contribution in [-0.2, 0) is 15.7 Å². The maximum Gasteiger partial charge on any atom is 0.419 e. The monoisotopic (exact) mass is 251 g/mol. The molecule has 0 aliphatic heterocycles. The number of hydrogen-bond acceptors (Lipinski definition) is 3. The Balaban J connectivity index is 3.09. The first-order valence-corrected chi connectivity index (χ1v) is 4.47. The van der Waals surface area contributed by atoms with E-state index in [-0.39, 0.29) is 5.56 Å². The number of halogens is 4. The first kappa shape index (κ1) is 13.4. The molecule has 0 spiro atoms. The second kappa shape index (κ2) is 4.70. The fourth-order valence-corrected chi connectivity index (χ4v) is 1.22. The standard InChI is InChI=1S/C10H9F4NO2/c1-17-9(16)8(15)5-2-3-6(7(11)4-5)10(12,13)14/h2-4,8H,15H2,1H3/t8-/m0/s1. The van der Waals surface area contributed by atoms with Crippen molar-refractivity contribution in [2.75, 3.05) is 7.11 Å². The van der Waals surface area contributed by atoms with Crippen molar-refractivity contribution in [2.45, 2.75) is 12.2 Å². The van der Waals surface area contributed by atoms with Gasteiger partial charge in [-0.3, -0.25) is 4.79 Å². The van der Waals surface area contributed by atoms with Crippen molar-refractivity contribution in [1.29, 1.82) is 0 Å². The summed E-state index contributed by atoms with van der Waals surface area (Å²) in [6, 6.07) is 0.738. The number of alkyl halides is 3. The fraction of sp³-hybridized carbons (Fsp3) is 0.300. The second-order valence-electron chi connectivity index (χ2n) is 3.24. The minimum atomic E-state index is -4.78. The van der Waals surface area contributed by atoms with Gasteiger partial charge in [-0.1, -0.05) is 6.07 Å². The third kappa shape index (κ3) is 2.94. The Kier molecular flexibility index (Phi) is 3.72. The summed E-state index contributed by atoms with van der Waals surface area (Å²) in [4.78, 5) is 11.0. The van der Waals surface area contributed by atoms with E-state index in [4.69, 9.17) is 5.73 Å². The van der Waals surface area contributed by atoms with Crippen molar-refractivity contribution in [2.24, 2.45) is 5.73 Å². The lowest BCUT2D eigenvalue weighted by atomic mass is 10.0. The van der Waals surface area contributed by atoms with Gasteiger partial charge in [-0.05, 0) is 17.7 Å². The Labute approximate surface area is 94.2 Å². The summed E-state index contributed by atoms with van der Waals surface area (Å²) in [5.41, 5.74) is 3.87. The average molecular weight is 251 g/mol. The van der Waals surface area contributed by atoms with Crippen LogP contribution in [0.1, 0.15) is 17.2 Å². The topological polar surface area (TPSA) is 52.3 Å². The van der Waals surface area contributed by atoms with Crippen molar-refractivity contribution in [1.82, 2.24) is 0 Å². The Morgan fingerprint density at radius 1 is 1.41 bits per heavy atom. The molecule has 3 nitrogen and oxygen atoms in total. The third-order valence-electron chi connectivity index (χ3n) is 2.11. The lowest BCUT2D eigenvalue weighted by Crippen LogP contribution is -2.23. The van der Waals surface area contributed by atoms with E-state index in [2.05, 4.69) is 4.74 Å². The Bertz CT molecular complexity index is 431. The number of esters is 1. The minimum absolute atomic E-state index is 0.0812. The molecule has 0 aromatic heterocycles. The summed E-state index contributed by atoms with van der Waals surface area (Å²) >= 11 is 0. The minimum Gasteiger partial charge on any atom is -0.468 e. The number of hydrogen-bond donors (Lipinski definition) is 1. The van der Waals surface area contributed by atoms with Crippen LogP contribution < -0.4 is 5.73 Å². The maximum absolute atomic E-state index is 13.1. The molecule has 0 bridgehead atoms. The Morgan fingerprint density at radius 2 is 2.00 bits per heavy atom. The predicted molar refractivity (Wildman–Crippen MR) is 50.3 cm³/mol. The molecule has 0 saturated heterocycles. The van der Waals surface area contributed by atoms with E-state index >= 15 is 0 Å². The highest BCUT2D eigenvalue weighted by molar-refractivity contribution is 5.77. The molecule has 0 unspecified atom stereocenters. The zero-order valence-electron chi connectivity index (χ0n) is 8.72. The molecule has 0 fully saturated rings. The third-order valence-corrected chi connectivity index (χ3v) is 2.11. The van der Waals surface area contributed by atoms with E-state index in [9.17, 15) is 22.4 Å². The molecule has 1 rings (SSSR count). The second-order valence-corrected chi connectivity index (χ2v) is 3.24. The number of ether oxygens (including phenoxy) is 1. The van der Waals surface area contributed by atoms with E-state index < -0.39 is 29.6 Å². The highest BCUT2D eigenvalue weighted by atomic mass is 19.4. The van der Waals surface area contributed by atoms with Crippen LogP contribution in [0.4, 0.5) is 17.6 Å². The van der Waals surface area contributed by atoms with Gasteiger partial charge in [-0.25, -0.2) is 4.39 Å². The van der Waals surface area contributed by atoms with Crippen molar-refractivity contribution in [3.8, 4) is 0 Å². The number of methoxy groups -OCH3 is 1. The quantitative estimate of drug-likeness (QED) is 0.646. The molecule has 17 heavy (non-hydrogen) atoms. The van der Waals surface area contributed by atoms with E-state index in [1.165, 1.54) is 0 Å². The highest BCUT2D eigenvalue weighted by Crippen LogP contribution is 2.32. The summed E-state index contributed by atoms with van der Waals surface area (Å²) in [6.45, 7) is 0. The van der Waals surface area contributed by atoms with E-state index in [1.54, 1.807) is 0 Å². The summed E-state index contributed by atoms with van der Waals surface area (Å²) in [6.07, 6.45) is -4.78. The average Bonchev–Trinajstić information content (AvgIpc) is 2.25. The molecule has 7 heteroatoms. The molecule has 1 aromatic carbocycles. The number of rotatable bonds is 2. The van der Waals surface area contributed by atoms with Gasteiger partial charge in [-0.15, -0.1) is 0 Å². The van der Waals surface area contributed by atoms with Gasteiger partial charge in [0, 0.05) is 0 Å². The van der Waals surface area contributed by atoms with Crippen LogP contribution in [0.2, 0.25) is 0 Å². The molecule has 1 atom stereocenters. The van der Waals surface area contributed by atoms with Gasteiger partial charge in [-0.2, -0.15) is 13.2 Å². The van der Waals surface area contributed by atoms with Crippen molar-refractivity contribution >= 4 is 5.97 Å². The summed E-state index contributed by atoms with van der Waals surface area (Å²) in [5.74, 6) is -2.33. The van der Waals surface area contributed by atoms with Gasteiger partial charge >= 0.3 is 12.1 Å². The van der Waals surface area contributed by atoms with Gasteiger partial charge in [0.05, 0.1) is 12.7 Å². The molecular formula is C10H9F4NO2. The van der Waals surface area contributed by atoms with Gasteiger partial charge in [0.15, 0.2) is 0 Å². The first-order valence-electron chi connectivity index (χ1n) is 4.47. The number of benzene rings is 1.